The lowest BCUT2D eigenvalue weighted by Gasteiger charge is -2.05. The van der Waals surface area contributed by atoms with E-state index in [2.05, 4.69) is 27.4 Å². The molecule has 0 fully saturated rings. The third-order valence-electron chi connectivity index (χ3n) is 3.98. The number of aryl methyl sites for hydroxylation is 3. The lowest BCUT2D eigenvalue weighted by Crippen LogP contribution is -2.03. The maximum atomic E-state index is 5.58. The molecule has 0 bridgehead atoms. The van der Waals surface area contributed by atoms with E-state index in [-0.39, 0.29) is 0 Å². The van der Waals surface area contributed by atoms with E-state index in [9.17, 15) is 0 Å². The second-order valence-corrected chi connectivity index (χ2v) is 6.06. The summed E-state index contributed by atoms with van der Waals surface area (Å²) in [5, 5.41) is 7.47. The van der Waals surface area contributed by atoms with Crippen LogP contribution in [0.3, 0.4) is 0 Å². The average Bonchev–Trinajstić information content (AvgIpc) is 3.19. The number of hydrogen-bond acceptors (Lipinski definition) is 6. The number of hydrogen-bond donors (Lipinski definition) is 1. The van der Waals surface area contributed by atoms with Gasteiger partial charge in [0.15, 0.2) is 5.82 Å². The smallest absolute Gasteiger partial charge is 0.228 e. The van der Waals surface area contributed by atoms with Crippen molar-refractivity contribution in [2.45, 2.75) is 27.3 Å². The first-order valence-electron chi connectivity index (χ1n) is 8.10. The van der Waals surface area contributed by atoms with Gasteiger partial charge in [0.25, 0.3) is 0 Å². The normalized spacial score (nSPS) is 11.2. The van der Waals surface area contributed by atoms with Gasteiger partial charge in [0.1, 0.15) is 28.6 Å². The monoisotopic (exact) mass is 334 g/mol. The molecule has 4 rings (SSSR count). The summed E-state index contributed by atoms with van der Waals surface area (Å²) in [7, 11) is 0. The summed E-state index contributed by atoms with van der Waals surface area (Å²) in [5.74, 6) is 2.98. The van der Waals surface area contributed by atoms with Gasteiger partial charge in [-0.25, -0.2) is 9.97 Å². The Balaban J connectivity index is 1.72. The molecule has 0 aliphatic rings. The number of nitrogens with zero attached hydrogens (tertiary/aromatic N) is 3. The minimum absolute atomic E-state index is 0.514. The van der Waals surface area contributed by atoms with Crippen molar-refractivity contribution in [2.75, 3.05) is 5.32 Å². The molecule has 6 heteroatoms. The van der Waals surface area contributed by atoms with Crippen LogP contribution in [0.15, 0.2) is 45.3 Å². The van der Waals surface area contributed by atoms with E-state index in [1.165, 1.54) is 5.56 Å². The highest BCUT2D eigenvalue weighted by molar-refractivity contribution is 5.93. The lowest BCUT2D eigenvalue weighted by atomic mass is 10.1. The van der Waals surface area contributed by atoms with Crippen LogP contribution in [-0.2, 0) is 6.54 Å². The molecule has 1 N–H and O–H groups in total. The van der Waals surface area contributed by atoms with Gasteiger partial charge in [-0.2, -0.15) is 0 Å². The fraction of sp³-hybridized carbons (Fsp3) is 0.211. The molecule has 0 spiro atoms. The van der Waals surface area contributed by atoms with Gasteiger partial charge in [-0.3, -0.25) is 0 Å². The van der Waals surface area contributed by atoms with Crippen molar-refractivity contribution >= 4 is 16.9 Å². The maximum Gasteiger partial charge on any atom is 0.228 e. The number of fused-ring (bicyclic) bond motifs is 1. The topological polar surface area (TPSA) is 77.0 Å². The molecule has 0 unspecified atom stereocenters. The van der Waals surface area contributed by atoms with Crippen LogP contribution in [-0.4, -0.2) is 15.1 Å². The Kier molecular flexibility index (Phi) is 3.72. The summed E-state index contributed by atoms with van der Waals surface area (Å²) in [4.78, 5) is 8.97. The van der Waals surface area contributed by atoms with E-state index in [1.807, 2.05) is 50.2 Å². The van der Waals surface area contributed by atoms with Gasteiger partial charge in [0.2, 0.25) is 5.58 Å². The van der Waals surface area contributed by atoms with E-state index in [0.717, 1.165) is 22.8 Å². The highest BCUT2D eigenvalue weighted by atomic mass is 16.5. The van der Waals surface area contributed by atoms with E-state index >= 15 is 0 Å². The standard InChI is InChI=1S/C19H18N4O2/c1-11-4-7-14(8-5-11)16-17-18(25-23-16)19(22-13(3)21-17)20-10-15-9-6-12(2)24-15/h4-9H,10H2,1-3H3,(H,20,21,22). The van der Waals surface area contributed by atoms with Crippen molar-refractivity contribution in [1.82, 2.24) is 15.1 Å². The molecular weight excluding hydrogens is 316 g/mol. The van der Waals surface area contributed by atoms with Crippen LogP contribution < -0.4 is 5.32 Å². The third kappa shape index (κ3) is 2.98. The van der Waals surface area contributed by atoms with Crippen molar-refractivity contribution in [3.63, 3.8) is 0 Å². The van der Waals surface area contributed by atoms with Gasteiger partial charge in [-0.15, -0.1) is 0 Å². The number of anilines is 1. The molecule has 1 aromatic carbocycles. The largest absolute Gasteiger partial charge is 0.465 e. The van der Waals surface area contributed by atoms with E-state index in [0.29, 0.717) is 29.3 Å². The van der Waals surface area contributed by atoms with Crippen LogP contribution in [0, 0.1) is 20.8 Å². The molecule has 6 nitrogen and oxygen atoms in total. The van der Waals surface area contributed by atoms with Crippen molar-refractivity contribution in [3.05, 3.63) is 59.3 Å². The van der Waals surface area contributed by atoms with Gasteiger partial charge in [-0.05, 0) is 32.9 Å². The Hall–Kier alpha value is -3.15. The average molecular weight is 334 g/mol. The van der Waals surface area contributed by atoms with Crippen LogP contribution in [0.1, 0.15) is 22.9 Å². The van der Waals surface area contributed by atoms with Crippen molar-refractivity contribution in [3.8, 4) is 11.3 Å². The number of benzene rings is 1. The molecule has 0 atom stereocenters. The molecule has 4 aromatic rings. The Bertz CT molecular complexity index is 1030. The van der Waals surface area contributed by atoms with Crippen molar-refractivity contribution < 1.29 is 8.94 Å². The first-order valence-corrected chi connectivity index (χ1v) is 8.10. The van der Waals surface area contributed by atoms with Crippen LogP contribution >= 0.6 is 0 Å². The molecule has 0 amide bonds. The molecule has 0 radical (unpaired) electrons. The Morgan fingerprint density at radius 2 is 1.76 bits per heavy atom. The first-order chi connectivity index (χ1) is 12.1. The summed E-state index contributed by atoms with van der Waals surface area (Å²) >= 11 is 0. The van der Waals surface area contributed by atoms with Crippen molar-refractivity contribution in [1.29, 1.82) is 0 Å². The predicted octanol–water partition coefficient (Wildman–Crippen LogP) is 4.42. The van der Waals surface area contributed by atoms with Crippen molar-refractivity contribution in [2.24, 2.45) is 0 Å². The number of nitrogens with one attached hydrogen (secondary N) is 1. The SMILES string of the molecule is Cc1ccc(-c2noc3c(NCc4ccc(C)o4)nc(C)nc23)cc1. The molecule has 3 aromatic heterocycles. The molecule has 0 aliphatic heterocycles. The zero-order chi connectivity index (χ0) is 17.4. The molecule has 0 saturated carbocycles. The Labute approximate surface area is 144 Å². The molecule has 0 aliphatic carbocycles. The van der Waals surface area contributed by atoms with Gasteiger partial charge in [-0.1, -0.05) is 35.0 Å². The van der Waals surface area contributed by atoms with E-state index in [4.69, 9.17) is 8.94 Å². The zero-order valence-corrected chi connectivity index (χ0v) is 14.3. The highest BCUT2D eigenvalue weighted by Gasteiger charge is 2.17. The van der Waals surface area contributed by atoms with Crippen LogP contribution in [0.25, 0.3) is 22.4 Å². The van der Waals surface area contributed by atoms with E-state index < -0.39 is 0 Å². The number of rotatable bonds is 4. The fourth-order valence-corrected chi connectivity index (χ4v) is 2.72. The highest BCUT2D eigenvalue weighted by Crippen LogP contribution is 2.30. The van der Waals surface area contributed by atoms with Gasteiger partial charge in [0, 0.05) is 5.56 Å². The van der Waals surface area contributed by atoms with Crippen LogP contribution in [0.5, 0.6) is 0 Å². The summed E-state index contributed by atoms with van der Waals surface area (Å²) in [6.07, 6.45) is 0. The van der Waals surface area contributed by atoms with E-state index in [1.54, 1.807) is 0 Å². The van der Waals surface area contributed by atoms with Gasteiger partial charge >= 0.3 is 0 Å². The lowest BCUT2D eigenvalue weighted by molar-refractivity contribution is 0.458. The third-order valence-corrected chi connectivity index (χ3v) is 3.98. The molecule has 0 saturated heterocycles. The molecule has 3 heterocycles. The zero-order valence-electron chi connectivity index (χ0n) is 14.3. The summed E-state index contributed by atoms with van der Waals surface area (Å²) in [6.45, 7) is 6.34. The molecule has 126 valence electrons. The second kappa shape index (κ2) is 6.05. The summed E-state index contributed by atoms with van der Waals surface area (Å²) in [5.41, 5.74) is 4.13. The second-order valence-electron chi connectivity index (χ2n) is 6.06. The summed E-state index contributed by atoms with van der Waals surface area (Å²) < 4.78 is 11.1. The first kappa shape index (κ1) is 15.4. The Morgan fingerprint density at radius 1 is 0.960 bits per heavy atom. The predicted molar refractivity (Wildman–Crippen MR) is 95.3 cm³/mol. The minimum atomic E-state index is 0.514. The van der Waals surface area contributed by atoms with Crippen LogP contribution in [0.4, 0.5) is 5.82 Å². The Morgan fingerprint density at radius 3 is 2.48 bits per heavy atom. The number of furan rings is 1. The van der Waals surface area contributed by atoms with Crippen LogP contribution in [0.2, 0.25) is 0 Å². The maximum absolute atomic E-state index is 5.58. The fourth-order valence-electron chi connectivity index (χ4n) is 2.72. The van der Waals surface area contributed by atoms with Gasteiger partial charge < -0.3 is 14.3 Å². The summed E-state index contributed by atoms with van der Waals surface area (Å²) in [6, 6.07) is 12.0. The number of aromatic nitrogens is 3. The molecule has 25 heavy (non-hydrogen) atoms. The van der Waals surface area contributed by atoms with Gasteiger partial charge in [0.05, 0.1) is 6.54 Å². The minimum Gasteiger partial charge on any atom is -0.465 e. The quantitative estimate of drug-likeness (QED) is 0.595. The molecular formula is C19H18N4O2.